The lowest BCUT2D eigenvalue weighted by atomic mass is 9.59. The lowest BCUT2D eigenvalue weighted by Crippen LogP contribution is -2.76. The Morgan fingerprint density at radius 3 is 2.50 bits per heavy atom. The molecule has 4 fully saturated rings. The normalized spacial score (nSPS) is 42.9. The molecule has 0 amide bonds. The second-order valence-corrected chi connectivity index (χ2v) is 8.57. The summed E-state index contributed by atoms with van der Waals surface area (Å²) in [5.41, 5.74) is 1.05. The van der Waals surface area contributed by atoms with Crippen LogP contribution >= 0.6 is 15.9 Å². The van der Waals surface area contributed by atoms with E-state index in [-0.39, 0.29) is 10.8 Å². The van der Waals surface area contributed by atoms with Crippen molar-refractivity contribution < 1.29 is 4.79 Å². The Bertz CT molecular complexity index is 613. The fourth-order valence-electron chi connectivity index (χ4n) is 5.23. The fraction of sp³-hybridized carbons (Fsp3) is 0.611. The molecular weight excluding hydrogens is 340 g/mol. The standard InChI is InChI=1S/C18H23BrN2O/c1-3-7-18-11-20-9-17(2,16(18)22)10-21(12-18)15(20)13-5-4-6-14(19)8-13/h4-6,8,15H,3,7,9-12H2,1-2H3. The minimum absolute atomic E-state index is 0.123. The molecule has 4 aliphatic heterocycles. The molecule has 0 aromatic heterocycles. The molecule has 118 valence electrons. The summed E-state index contributed by atoms with van der Waals surface area (Å²) in [5, 5.41) is 0. The largest absolute Gasteiger partial charge is 0.298 e. The lowest BCUT2D eigenvalue weighted by molar-refractivity contribution is -0.201. The van der Waals surface area contributed by atoms with Crippen molar-refractivity contribution >= 4 is 21.7 Å². The first-order valence-electron chi connectivity index (χ1n) is 8.26. The maximum absolute atomic E-state index is 13.0. The van der Waals surface area contributed by atoms with Gasteiger partial charge in [-0.2, -0.15) is 0 Å². The molecule has 4 aliphatic rings. The molecule has 1 aromatic carbocycles. The van der Waals surface area contributed by atoms with E-state index in [0.29, 0.717) is 11.9 Å². The van der Waals surface area contributed by atoms with E-state index >= 15 is 0 Å². The van der Waals surface area contributed by atoms with E-state index in [0.717, 1.165) is 43.5 Å². The van der Waals surface area contributed by atoms with E-state index in [9.17, 15) is 4.79 Å². The van der Waals surface area contributed by atoms with E-state index in [1.807, 2.05) is 0 Å². The Kier molecular flexibility index (Phi) is 3.30. The van der Waals surface area contributed by atoms with Gasteiger partial charge in [-0.25, -0.2) is 0 Å². The molecule has 2 atom stereocenters. The van der Waals surface area contributed by atoms with Gasteiger partial charge in [-0.3, -0.25) is 14.6 Å². The smallest absolute Gasteiger partial charge is 0.150 e. The van der Waals surface area contributed by atoms with Gasteiger partial charge in [0.05, 0.1) is 17.0 Å². The maximum atomic E-state index is 13.0. The van der Waals surface area contributed by atoms with Gasteiger partial charge in [-0.1, -0.05) is 48.3 Å². The Balaban J connectivity index is 1.73. The van der Waals surface area contributed by atoms with Gasteiger partial charge in [0.2, 0.25) is 0 Å². The van der Waals surface area contributed by atoms with Crippen LogP contribution in [0.3, 0.4) is 0 Å². The van der Waals surface area contributed by atoms with Crippen LogP contribution < -0.4 is 0 Å². The average Bonchev–Trinajstić information content (AvgIpc) is 2.44. The summed E-state index contributed by atoms with van der Waals surface area (Å²) < 4.78 is 1.13. The fourth-order valence-corrected chi connectivity index (χ4v) is 5.65. The van der Waals surface area contributed by atoms with Crippen molar-refractivity contribution in [2.45, 2.75) is 32.9 Å². The van der Waals surface area contributed by atoms with Crippen molar-refractivity contribution in [1.82, 2.24) is 9.80 Å². The van der Waals surface area contributed by atoms with Crippen LogP contribution in [0.5, 0.6) is 0 Å². The number of carbonyl (C=O) groups excluding carboxylic acids is 1. The topological polar surface area (TPSA) is 23.6 Å². The van der Waals surface area contributed by atoms with Crippen molar-refractivity contribution in [3.63, 3.8) is 0 Å². The Morgan fingerprint density at radius 2 is 1.91 bits per heavy atom. The number of nitrogens with zero attached hydrogens (tertiary/aromatic N) is 2. The first kappa shape index (κ1) is 14.9. The van der Waals surface area contributed by atoms with E-state index in [1.165, 1.54) is 5.56 Å². The molecular formula is C18H23BrN2O. The van der Waals surface area contributed by atoms with E-state index in [1.54, 1.807) is 0 Å². The summed E-state index contributed by atoms with van der Waals surface area (Å²) >= 11 is 3.59. The third-order valence-electron chi connectivity index (χ3n) is 5.71. The number of rotatable bonds is 3. The van der Waals surface area contributed by atoms with Gasteiger partial charge in [0.1, 0.15) is 5.78 Å². The van der Waals surface area contributed by atoms with Crippen molar-refractivity contribution in [3.8, 4) is 0 Å². The molecule has 0 radical (unpaired) electrons. The number of Topliss-reactive ketones (excluding diaryl/α,β-unsaturated/α-hetero) is 1. The molecule has 2 unspecified atom stereocenters. The molecule has 4 saturated heterocycles. The molecule has 5 rings (SSSR count). The quantitative estimate of drug-likeness (QED) is 0.822. The van der Waals surface area contributed by atoms with Gasteiger partial charge in [0.25, 0.3) is 0 Å². The third-order valence-corrected chi connectivity index (χ3v) is 6.21. The molecule has 0 aliphatic carbocycles. The molecule has 22 heavy (non-hydrogen) atoms. The molecule has 0 saturated carbocycles. The molecule has 4 bridgehead atoms. The summed E-state index contributed by atoms with van der Waals surface area (Å²) in [7, 11) is 0. The van der Waals surface area contributed by atoms with Gasteiger partial charge in [-0.05, 0) is 24.1 Å². The summed E-state index contributed by atoms with van der Waals surface area (Å²) in [4.78, 5) is 18.1. The number of halogens is 1. The zero-order valence-electron chi connectivity index (χ0n) is 13.3. The second kappa shape index (κ2) is 4.89. The second-order valence-electron chi connectivity index (χ2n) is 7.66. The average molecular weight is 363 g/mol. The summed E-state index contributed by atoms with van der Waals surface area (Å²) in [6.45, 7) is 8.06. The first-order valence-corrected chi connectivity index (χ1v) is 9.05. The minimum atomic E-state index is -0.172. The zero-order chi connectivity index (χ0) is 15.5. The van der Waals surface area contributed by atoms with Crippen LogP contribution in [0.1, 0.15) is 38.4 Å². The van der Waals surface area contributed by atoms with E-state index in [2.05, 4.69) is 63.8 Å². The Morgan fingerprint density at radius 1 is 1.23 bits per heavy atom. The Labute approximate surface area is 140 Å². The Hall–Kier alpha value is -0.710. The van der Waals surface area contributed by atoms with Crippen LogP contribution in [0.15, 0.2) is 28.7 Å². The zero-order valence-corrected chi connectivity index (χ0v) is 14.9. The predicted octanol–water partition coefficient (Wildman–Crippen LogP) is 3.45. The SMILES string of the molecule is CCCC12CN3CC(C)(CN(C1)C3c1cccc(Br)c1)C2=O. The van der Waals surface area contributed by atoms with Gasteiger partial charge in [-0.15, -0.1) is 0 Å². The minimum Gasteiger partial charge on any atom is -0.298 e. The lowest BCUT2D eigenvalue weighted by Gasteiger charge is -2.65. The van der Waals surface area contributed by atoms with Crippen molar-refractivity contribution in [2.24, 2.45) is 10.8 Å². The highest BCUT2D eigenvalue weighted by Crippen LogP contribution is 2.53. The maximum Gasteiger partial charge on any atom is 0.150 e. The van der Waals surface area contributed by atoms with Gasteiger partial charge in [0, 0.05) is 30.7 Å². The van der Waals surface area contributed by atoms with Crippen molar-refractivity contribution in [1.29, 1.82) is 0 Å². The highest BCUT2D eigenvalue weighted by atomic mass is 79.9. The molecule has 3 nitrogen and oxygen atoms in total. The first-order chi connectivity index (χ1) is 10.5. The number of ketones is 1. The molecule has 4 heterocycles. The van der Waals surface area contributed by atoms with Crippen molar-refractivity contribution in [3.05, 3.63) is 34.3 Å². The number of hydrogen-bond acceptors (Lipinski definition) is 3. The number of benzene rings is 1. The number of carbonyl (C=O) groups is 1. The highest BCUT2D eigenvalue weighted by molar-refractivity contribution is 9.10. The molecule has 0 spiro atoms. The van der Waals surface area contributed by atoms with E-state index < -0.39 is 0 Å². The van der Waals surface area contributed by atoms with Crippen LogP contribution in [0, 0.1) is 10.8 Å². The third kappa shape index (κ3) is 1.97. The van der Waals surface area contributed by atoms with E-state index in [4.69, 9.17) is 0 Å². The summed E-state index contributed by atoms with van der Waals surface area (Å²) in [5.74, 6) is 0.530. The van der Waals surface area contributed by atoms with Crippen molar-refractivity contribution in [2.75, 3.05) is 26.2 Å². The molecule has 0 N–H and O–H groups in total. The monoisotopic (exact) mass is 362 g/mol. The number of hydrogen-bond donors (Lipinski definition) is 0. The van der Waals surface area contributed by atoms with Gasteiger partial charge < -0.3 is 0 Å². The van der Waals surface area contributed by atoms with Crippen LogP contribution in [0.4, 0.5) is 0 Å². The molecule has 1 aromatic rings. The summed E-state index contributed by atoms with van der Waals surface area (Å²) in [6.07, 6.45) is 2.45. The predicted molar refractivity (Wildman–Crippen MR) is 90.5 cm³/mol. The van der Waals surface area contributed by atoms with Crippen LogP contribution in [-0.2, 0) is 4.79 Å². The summed E-state index contributed by atoms with van der Waals surface area (Å²) in [6, 6.07) is 8.63. The number of piperidine rings is 2. The molecule has 4 heteroatoms. The van der Waals surface area contributed by atoms with Crippen LogP contribution in [0.2, 0.25) is 0 Å². The highest BCUT2D eigenvalue weighted by Gasteiger charge is 2.63. The van der Waals surface area contributed by atoms with Crippen LogP contribution in [-0.4, -0.2) is 41.8 Å². The van der Waals surface area contributed by atoms with Gasteiger partial charge >= 0.3 is 0 Å². The van der Waals surface area contributed by atoms with Crippen LogP contribution in [0.25, 0.3) is 0 Å². The van der Waals surface area contributed by atoms with Gasteiger partial charge in [0.15, 0.2) is 0 Å².